The highest BCUT2D eigenvalue weighted by atomic mass is 16.5. The Bertz CT molecular complexity index is 1140. The van der Waals surface area contributed by atoms with Crippen LogP contribution < -0.4 is 9.47 Å². The van der Waals surface area contributed by atoms with E-state index in [2.05, 4.69) is 35.3 Å². The number of aromatic nitrogens is 3. The predicted octanol–water partition coefficient (Wildman–Crippen LogP) is 5.12. The molecule has 0 aliphatic rings. The molecule has 0 saturated heterocycles. The Balaban J connectivity index is 1.78. The zero-order valence-corrected chi connectivity index (χ0v) is 17.3. The van der Waals surface area contributed by atoms with Gasteiger partial charge >= 0.3 is 0 Å². The Kier molecular flexibility index (Phi) is 5.70. The van der Waals surface area contributed by atoms with Gasteiger partial charge in [-0.2, -0.15) is 0 Å². The number of rotatable bonds is 6. The molecule has 0 radical (unpaired) electrons. The maximum absolute atomic E-state index is 5.30. The van der Waals surface area contributed by atoms with E-state index in [9.17, 15) is 0 Å². The normalized spacial score (nSPS) is 10.6. The highest BCUT2D eigenvalue weighted by Gasteiger charge is 2.14. The Hall–Kier alpha value is -3.73. The summed E-state index contributed by atoms with van der Waals surface area (Å²) in [5.41, 5.74) is 5.79. The van der Waals surface area contributed by atoms with E-state index < -0.39 is 0 Å². The first kappa shape index (κ1) is 19.6. The lowest BCUT2D eigenvalue weighted by molar-refractivity contribution is 0.414. The minimum absolute atomic E-state index is 0.626. The first-order valence-electron chi connectivity index (χ1n) is 9.74. The average molecular weight is 397 g/mol. The number of aryl methyl sites for hydroxylation is 1. The molecule has 4 rings (SSSR count). The van der Waals surface area contributed by atoms with Crippen LogP contribution >= 0.6 is 0 Å². The Morgan fingerprint density at radius 3 is 1.87 bits per heavy atom. The monoisotopic (exact) mass is 397 g/mol. The van der Waals surface area contributed by atoms with Crippen LogP contribution in [0.3, 0.4) is 0 Å². The third-order valence-electron chi connectivity index (χ3n) is 4.90. The van der Waals surface area contributed by atoms with E-state index in [0.717, 1.165) is 39.6 Å². The third kappa shape index (κ3) is 4.30. The van der Waals surface area contributed by atoms with Gasteiger partial charge in [0, 0.05) is 17.5 Å². The number of methoxy groups -OCH3 is 2. The number of ether oxygens (including phenoxy) is 2. The zero-order valence-electron chi connectivity index (χ0n) is 17.3. The molecule has 0 unspecified atom stereocenters. The van der Waals surface area contributed by atoms with Gasteiger partial charge in [-0.05, 0) is 61.0 Å². The van der Waals surface area contributed by atoms with Gasteiger partial charge in [0.2, 0.25) is 0 Å². The van der Waals surface area contributed by atoms with Gasteiger partial charge in [0.15, 0.2) is 5.82 Å². The van der Waals surface area contributed by atoms with E-state index in [1.54, 1.807) is 14.2 Å². The lowest BCUT2D eigenvalue weighted by Gasteiger charge is -2.11. The van der Waals surface area contributed by atoms with Crippen molar-refractivity contribution in [2.24, 2.45) is 0 Å². The molecule has 150 valence electrons. The minimum Gasteiger partial charge on any atom is -0.497 e. The molecule has 0 saturated carbocycles. The summed E-state index contributed by atoms with van der Waals surface area (Å²) >= 11 is 0. The lowest BCUT2D eigenvalue weighted by atomic mass is 10.0. The fourth-order valence-corrected chi connectivity index (χ4v) is 3.33. The molecule has 0 atom stereocenters. The molecule has 0 fully saturated rings. The second kappa shape index (κ2) is 8.74. The van der Waals surface area contributed by atoms with E-state index in [-0.39, 0.29) is 0 Å². The van der Waals surface area contributed by atoms with Gasteiger partial charge in [-0.1, -0.05) is 29.8 Å². The van der Waals surface area contributed by atoms with Crippen LogP contribution in [0, 0.1) is 6.92 Å². The molecule has 0 aliphatic carbocycles. The van der Waals surface area contributed by atoms with Crippen molar-refractivity contribution in [2.45, 2.75) is 13.3 Å². The summed E-state index contributed by atoms with van der Waals surface area (Å²) in [6.07, 6.45) is 0.626. The Morgan fingerprint density at radius 2 is 1.30 bits per heavy atom. The average Bonchev–Trinajstić information content (AvgIpc) is 2.79. The summed E-state index contributed by atoms with van der Waals surface area (Å²) in [4.78, 5) is 4.90. The van der Waals surface area contributed by atoms with Crippen molar-refractivity contribution in [2.75, 3.05) is 14.2 Å². The van der Waals surface area contributed by atoms with E-state index in [0.29, 0.717) is 12.2 Å². The molecule has 0 bridgehead atoms. The molecule has 1 heterocycles. The molecule has 0 N–H and O–H groups in total. The Morgan fingerprint density at radius 1 is 0.700 bits per heavy atom. The SMILES string of the molecule is COc1ccc(-c2nnc(Cc3cccc(C)c3)nc2-c2ccc(OC)cc2)cc1. The first-order valence-corrected chi connectivity index (χ1v) is 9.74. The molecule has 1 aromatic heterocycles. The first-order chi connectivity index (χ1) is 14.7. The summed E-state index contributed by atoms with van der Waals surface area (Å²) in [6.45, 7) is 2.08. The number of nitrogens with zero attached hydrogens (tertiary/aromatic N) is 3. The van der Waals surface area contributed by atoms with Crippen molar-refractivity contribution < 1.29 is 9.47 Å². The van der Waals surface area contributed by atoms with Crippen LogP contribution in [0.2, 0.25) is 0 Å². The molecule has 0 amide bonds. The van der Waals surface area contributed by atoms with Crippen molar-refractivity contribution in [3.63, 3.8) is 0 Å². The number of benzene rings is 3. The zero-order chi connectivity index (χ0) is 20.9. The van der Waals surface area contributed by atoms with E-state index >= 15 is 0 Å². The third-order valence-corrected chi connectivity index (χ3v) is 4.90. The molecule has 0 aliphatic heterocycles. The van der Waals surface area contributed by atoms with Gasteiger partial charge in [-0.15, -0.1) is 10.2 Å². The lowest BCUT2D eigenvalue weighted by Crippen LogP contribution is -2.04. The van der Waals surface area contributed by atoms with Crippen LogP contribution in [0.5, 0.6) is 11.5 Å². The van der Waals surface area contributed by atoms with E-state index in [1.807, 2.05) is 54.6 Å². The summed E-state index contributed by atoms with van der Waals surface area (Å²) in [6, 6.07) is 24.0. The van der Waals surface area contributed by atoms with Crippen molar-refractivity contribution in [3.05, 3.63) is 89.7 Å². The summed E-state index contributed by atoms with van der Waals surface area (Å²) in [7, 11) is 3.31. The number of hydrogen-bond donors (Lipinski definition) is 0. The van der Waals surface area contributed by atoms with Crippen LogP contribution in [0.4, 0.5) is 0 Å². The molecular weight excluding hydrogens is 374 g/mol. The fraction of sp³-hybridized carbons (Fsp3) is 0.160. The quantitative estimate of drug-likeness (QED) is 0.452. The number of hydrogen-bond acceptors (Lipinski definition) is 5. The molecule has 3 aromatic carbocycles. The van der Waals surface area contributed by atoms with E-state index in [1.165, 1.54) is 5.56 Å². The van der Waals surface area contributed by atoms with Gasteiger partial charge in [0.1, 0.15) is 22.9 Å². The highest BCUT2D eigenvalue weighted by Crippen LogP contribution is 2.30. The molecule has 0 spiro atoms. The van der Waals surface area contributed by atoms with Gasteiger partial charge in [0.25, 0.3) is 0 Å². The van der Waals surface area contributed by atoms with Crippen LogP contribution in [0.15, 0.2) is 72.8 Å². The smallest absolute Gasteiger partial charge is 0.156 e. The van der Waals surface area contributed by atoms with Crippen LogP contribution in [0.1, 0.15) is 17.0 Å². The summed E-state index contributed by atoms with van der Waals surface area (Å²) < 4.78 is 10.6. The molecular formula is C25H23N3O2. The van der Waals surface area contributed by atoms with Gasteiger partial charge < -0.3 is 9.47 Å². The van der Waals surface area contributed by atoms with Crippen molar-refractivity contribution >= 4 is 0 Å². The van der Waals surface area contributed by atoms with Crippen molar-refractivity contribution in [1.82, 2.24) is 15.2 Å². The predicted molar refractivity (Wildman–Crippen MR) is 118 cm³/mol. The Labute approximate surface area is 176 Å². The van der Waals surface area contributed by atoms with Crippen LogP contribution in [0.25, 0.3) is 22.5 Å². The highest BCUT2D eigenvalue weighted by molar-refractivity contribution is 5.78. The topological polar surface area (TPSA) is 57.1 Å². The van der Waals surface area contributed by atoms with Crippen molar-refractivity contribution in [3.8, 4) is 34.0 Å². The minimum atomic E-state index is 0.626. The second-order valence-corrected chi connectivity index (χ2v) is 7.05. The largest absolute Gasteiger partial charge is 0.497 e. The van der Waals surface area contributed by atoms with Gasteiger partial charge in [-0.3, -0.25) is 0 Å². The molecule has 30 heavy (non-hydrogen) atoms. The molecule has 5 nitrogen and oxygen atoms in total. The second-order valence-electron chi connectivity index (χ2n) is 7.05. The van der Waals surface area contributed by atoms with Gasteiger partial charge in [0.05, 0.1) is 14.2 Å². The van der Waals surface area contributed by atoms with Crippen molar-refractivity contribution in [1.29, 1.82) is 0 Å². The van der Waals surface area contributed by atoms with E-state index in [4.69, 9.17) is 14.5 Å². The summed E-state index contributed by atoms with van der Waals surface area (Å²) in [5, 5.41) is 8.98. The molecule has 5 heteroatoms. The maximum atomic E-state index is 5.30. The maximum Gasteiger partial charge on any atom is 0.156 e. The molecule has 4 aromatic rings. The fourth-order valence-electron chi connectivity index (χ4n) is 3.33. The standard InChI is InChI=1S/C25H23N3O2/c1-17-5-4-6-18(15-17)16-23-26-24(19-7-11-21(29-2)12-8-19)25(28-27-23)20-9-13-22(30-3)14-10-20/h4-15H,16H2,1-3H3. The van der Waals surface area contributed by atoms with Gasteiger partial charge in [-0.25, -0.2) is 4.98 Å². The van der Waals surface area contributed by atoms with Crippen LogP contribution in [-0.4, -0.2) is 29.4 Å². The van der Waals surface area contributed by atoms with Crippen LogP contribution in [-0.2, 0) is 6.42 Å². The summed E-state index contributed by atoms with van der Waals surface area (Å²) in [5.74, 6) is 2.28.